The molecule has 1 aliphatic rings. The topological polar surface area (TPSA) is 186 Å². The summed E-state index contributed by atoms with van der Waals surface area (Å²) in [6.45, 7) is 8.33. The third-order valence-electron chi connectivity index (χ3n) is 6.79. The molecule has 0 aromatic heterocycles. The number of esters is 2. The summed E-state index contributed by atoms with van der Waals surface area (Å²) in [5, 5.41) is 8.89. The van der Waals surface area contributed by atoms with Crippen LogP contribution < -0.4 is 21.7 Å². The van der Waals surface area contributed by atoms with Crippen LogP contribution in [0.2, 0.25) is 0 Å². The van der Waals surface area contributed by atoms with Gasteiger partial charge in [-0.05, 0) is 57.7 Å². The number of ether oxygens (including phenoxy) is 6. The maximum atomic E-state index is 12.0. The summed E-state index contributed by atoms with van der Waals surface area (Å²) in [7, 11) is 0. The number of amides is 2. The standard InChI is InChI=1S/C33H54N4O10/c1-33(2,3)47-32(41)27(34)10-11-29(38)36-13-15-42-17-19-44-23-30(39)37-14-16-43-18-20-45-24-31(40)46-22-25-7-6-8-26(21-25)28-9-4-5-12-35-28/h6-8,21,27-28,35H,4-5,9-20,22-24,34H2,1-3H3,(H,36,38)(H,37,39)/t27-,28?/m0/s1. The van der Waals surface area contributed by atoms with Crippen molar-refractivity contribution in [3.05, 3.63) is 35.4 Å². The van der Waals surface area contributed by atoms with Gasteiger partial charge in [0.1, 0.15) is 31.5 Å². The summed E-state index contributed by atoms with van der Waals surface area (Å²) in [4.78, 5) is 47.6. The van der Waals surface area contributed by atoms with E-state index in [-0.39, 0.29) is 84.1 Å². The van der Waals surface area contributed by atoms with E-state index in [9.17, 15) is 19.2 Å². The van der Waals surface area contributed by atoms with Crippen molar-refractivity contribution in [2.45, 2.75) is 77.2 Å². The van der Waals surface area contributed by atoms with E-state index in [2.05, 4.69) is 28.1 Å². The Morgan fingerprint density at radius 2 is 1.55 bits per heavy atom. The summed E-state index contributed by atoms with van der Waals surface area (Å²) in [5.74, 6) is -1.50. The van der Waals surface area contributed by atoms with Crippen molar-refractivity contribution in [1.29, 1.82) is 0 Å². The largest absolute Gasteiger partial charge is 0.459 e. The normalized spacial score (nSPS) is 15.4. The zero-order valence-corrected chi connectivity index (χ0v) is 28.1. The van der Waals surface area contributed by atoms with Crippen molar-refractivity contribution in [2.75, 3.05) is 72.5 Å². The van der Waals surface area contributed by atoms with Crippen LogP contribution in [-0.2, 0) is 54.2 Å². The van der Waals surface area contributed by atoms with Gasteiger partial charge in [0, 0.05) is 25.6 Å². The van der Waals surface area contributed by atoms with Gasteiger partial charge in [0.25, 0.3) is 0 Å². The summed E-state index contributed by atoms with van der Waals surface area (Å²) in [5.41, 5.74) is 7.31. The van der Waals surface area contributed by atoms with E-state index in [0.717, 1.165) is 18.5 Å². The Hall–Kier alpha value is -3.14. The number of nitrogens with two attached hydrogens (primary N) is 1. The molecular formula is C33H54N4O10. The van der Waals surface area contributed by atoms with Crippen molar-refractivity contribution in [2.24, 2.45) is 5.73 Å². The van der Waals surface area contributed by atoms with Crippen molar-refractivity contribution in [3.8, 4) is 0 Å². The Morgan fingerprint density at radius 1 is 0.894 bits per heavy atom. The third-order valence-corrected chi connectivity index (χ3v) is 6.79. The van der Waals surface area contributed by atoms with Crippen LogP contribution in [-0.4, -0.2) is 108 Å². The Bertz CT molecular complexity index is 1080. The fraction of sp³-hybridized carbons (Fsp3) is 0.697. The minimum Gasteiger partial charge on any atom is -0.459 e. The molecule has 1 unspecified atom stereocenters. The first-order chi connectivity index (χ1) is 22.5. The van der Waals surface area contributed by atoms with Crippen LogP contribution in [0.4, 0.5) is 0 Å². The molecule has 2 rings (SSSR count). The highest BCUT2D eigenvalue weighted by Crippen LogP contribution is 2.23. The Balaban J connectivity index is 1.35. The van der Waals surface area contributed by atoms with Crippen LogP contribution in [0.25, 0.3) is 0 Å². The van der Waals surface area contributed by atoms with Gasteiger partial charge in [-0.1, -0.05) is 30.7 Å². The smallest absolute Gasteiger partial charge is 0.332 e. The molecule has 266 valence electrons. The molecule has 0 bridgehead atoms. The zero-order valence-electron chi connectivity index (χ0n) is 28.1. The van der Waals surface area contributed by atoms with Crippen LogP contribution in [0.5, 0.6) is 0 Å². The van der Waals surface area contributed by atoms with Crippen molar-refractivity contribution < 1.29 is 47.6 Å². The molecule has 2 amide bonds. The van der Waals surface area contributed by atoms with Crippen molar-refractivity contribution >= 4 is 23.8 Å². The lowest BCUT2D eigenvalue weighted by molar-refractivity contribution is -0.156. The number of hydrogen-bond acceptors (Lipinski definition) is 12. The molecule has 47 heavy (non-hydrogen) atoms. The molecule has 1 aliphatic heterocycles. The van der Waals surface area contributed by atoms with Gasteiger partial charge in [0.2, 0.25) is 11.8 Å². The second kappa shape index (κ2) is 23.2. The molecule has 14 heteroatoms. The Kier molecular flexibility index (Phi) is 19.8. The fourth-order valence-corrected chi connectivity index (χ4v) is 4.45. The summed E-state index contributed by atoms with van der Waals surface area (Å²) >= 11 is 0. The van der Waals surface area contributed by atoms with Crippen LogP contribution in [0.3, 0.4) is 0 Å². The molecule has 1 aromatic rings. The van der Waals surface area contributed by atoms with Crippen LogP contribution in [0, 0.1) is 0 Å². The number of piperidine rings is 1. The molecule has 2 atom stereocenters. The van der Waals surface area contributed by atoms with Gasteiger partial charge in [-0.2, -0.15) is 0 Å². The van der Waals surface area contributed by atoms with Crippen molar-refractivity contribution in [3.63, 3.8) is 0 Å². The highest BCUT2D eigenvalue weighted by molar-refractivity contribution is 5.79. The second-order valence-electron chi connectivity index (χ2n) is 12.1. The minimum absolute atomic E-state index is 0.100. The van der Waals surface area contributed by atoms with Crippen LogP contribution >= 0.6 is 0 Å². The number of nitrogens with one attached hydrogen (secondary N) is 3. The number of hydrogen-bond donors (Lipinski definition) is 4. The number of rotatable bonds is 23. The zero-order chi connectivity index (χ0) is 34.3. The monoisotopic (exact) mass is 666 g/mol. The molecule has 0 radical (unpaired) electrons. The molecule has 5 N–H and O–H groups in total. The first-order valence-electron chi connectivity index (χ1n) is 16.3. The quantitative estimate of drug-likeness (QED) is 0.0971. The lowest BCUT2D eigenvalue weighted by Gasteiger charge is -2.24. The number of carbonyl (C=O) groups excluding carboxylic acids is 4. The molecular weight excluding hydrogens is 612 g/mol. The molecule has 0 aliphatic carbocycles. The van der Waals surface area contributed by atoms with E-state index in [1.807, 2.05) is 12.1 Å². The molecule has 0 spiro atoms. The third kappa shape index (κ3) is 20.0. The Labute approximate surface area is 278 Å². The summed E-state index contributed by atoms with van der Waals surface area (Å²) in [6.07, 6.45) is 3.82. The van der Waals surface area contributed by atoms with Gasteiger partial charge in [0.05, 0.1) is 39.6 Å². The average Bonchev–Trinajstić information content (AvgIpc) is 3.04. The predicted octanol–water partition coefficient (Wildman–Crippen LogP) is 1.29. The van der Waals surface area contributed by atoms with E-state index in [4.69, 9.17) is 34.2 Å². The second-order valence-corrected chi connectivity index (χ2v) is 12.1. The first kappa shape index (κ1) is 40.0. The average molecular weight is 667 g/mol. The Morgan fingerprint density at radius 3 is 2.21 bits per heavy atom. The van der Waals surface area contributed by atoms with E-state index in [1.165, 1.54) is 18.4 Å². The maximum Gasteiger partial charge on any atom is 0.332 e. The number of carbonyl (C=O) groups is 4. The first-order valence-corrected chi connectivity index (χ1v) is 16.3. The molecule has 14 nitrogen and oxygen atoms in total. The SMILES string of the molecule is CC(C)(C)OC(=O)[C@@H](N)CCC(=O)NCCOCCOCC(=O)NCCOCCOCC(=O)OCc1cccc(C2CCCCN2)c1. The molecule has 1 fully saturated rings. The summed E-state index contributed by atoms with van der Waals surface area (Å²) < 4.78 is 31.9. The van der Waals surface area contributed by atoms with Gasteiger partial charge in [-0.3, -0.25) is 14.4 Å². The number of benzene rings is 1. The van der Waals surface area contributed by atoms with Crippen LogP contribution in [0.1, 0.15) is 70.0 Å². The maximum absolute atomic E-state index is 12.0. The molecule has 1 saturated heterocycles. The van der Waals surface area contributed by atoms with E-state index < -0.39 is 23.6 Å². The van der Waals surface area contributed by atoms with Gasteiger partial charge >= 0.3 is 11.9 Å². The highest BCUT2D eigenvalue weighted by atomic mass is 16.6. The van der Waals surface area contributed by atoms with Gasteiger partial charge in [0.15, 0.2) is 0 Å². The lowest BCUT2D eigenvalue weighted by atomic mass is 9.96. The van der Waals surface area contributed by atoms with E-state index in [0.29, 0.717) is 19.1 Å². The van der Waals surface area contributed by atoms with Gasteiger partial charge < -0.3 is 50.1 Å². The van der Waals surface area contributed by atoms with Crippen molar-refractivity contribution in [1.82, 2.24) is 16.0 Å². The molecule has 0 saturated carbocycles. The van der Waals surface area contributed by atoms with E-state index in [1.54, 1.807) is 20.8 Å². The molecule has 1 aromatic carbocycles. The minimum atomic E-state index is -0.856. The highest BCUT2D eigenvalue weighted by Gasteiger charge is 2.22. The van der Waals surface area contributed by atoms with Crippen LogP contribution in [0.15, 0.2) is 24.3 Å². The van der Waals surface area contributed by atoms with Gasteiger partial charge in [-0.15, -0.1) is 0 Å². The van der Waals surface area contributed by atoms with Gasteiger partial charge in [-0.25, -0.2) is 4.79 Å². The lowest BCUT2D eigenvalue weighted by Crippen LogP contribution is -2.38. The van der Waals surface area contributed by atoms with E-state index >= 15 is 0 Å². The predicted molar refractivity (Wildman–Crippen MR) is 173 cm³/mol. The fourth-order valence-electron chi connectivity index (χ4n) is 4.45. The molecule has 1 heterocycles. The summed E-state index contributed by atoms with van der Waals surface area (Å²) in [6, 6.07) is 7.61.